The maximum Gasteiger partial charge on any atom is 0.255 e. The van der Waals surface area contributed by atoms with E-state index >= 15 is 0 Å². The lowest BCUT2D eigenvalue weighted by Crippen LogP contribution is -2.12. The van der Waals surface area contributed by atoms with Crippen molar-refractivity contribution in [3.8, 4) is 6.07 Å². The molecule has 0 atom stereocenters. The van der Waals surface area contributed by atoms with Crippen LogP contribution < -0.4 is 11.1 Å². The summed E-state index contributed by atoms with van der Waals surface area (Å²) in [5.41, 5.74) is 6.83. The lowest BCUT2D eigenvalue weighted by atomic mass is 10.1. The van der Waals surface area contributed by atoms with Gasteiger partial charge in [-0.2, -0.15) is 5.26 Å². The van der Waals surface area contributed by atoms with E-state index in [4.69, 9.17) is 45.8 Å². The van der Waals surface area contributed by atoms with E-state index in [1.54, 1.807) is 6.07 Å². The number of nitrogens with two attached hydrogens (primary N) is 1. The van der Waals surface area contributed by atoms with Crippen molar-refractivity contribution in [3.05, 3.63) is 56.5 Å². The molecule has 3 N–H and O–H groups in total. The van der Waals surface area contributed by atoms with Gasteiger partial charge in [0.1, 0.15) is 6.07 Å². The first-order chi connectivity index (χ1) is 9.92. The minimum absolute atomic E-state index is 0.190. The molecular formula is C14H8Cl3N3O. The van der Waals surface area contributed by atoms with E-state index in [2.05, 4.69) is 5.32 Å². The third-order valence-electron chi connectivity index (χ3n) is 2.66. The summed E-state index contributed by atoms with van der Waals surface area (Å²) in [5, 5.41) is 12.2. The quantitative estimate of drug-likeness (QED) is 0.797. The van der Waals surface area contributed by atoms with Crippen LogP contribution in [0.15, 0.2) is 30.3 Å². The van der Waals surface area contributed by atoms with Gasteiger partial charge in [-0.1, -0.05) is 34.8 Å². The van der Waals surface area contributed by atoms with Gasteiger partial charge in [0.05, 0.1) is 26.3 Å². The molecule has 0 saturated heterocycles. The maximum atomic E-state index is 12.1. The third-order valence-corrected chi connectivity index (χ3v) is 3.81. The number of hydrogen-bond donors (Lipinski definition) is 2. The number of benzene rings is 2. The van der Waals surface area contributed by atoms with E-state index < -0.39 is 5.91 Å². The highest BCUT2D eigenvalue weighted by Crippen LogP contribution is 2.29. The van der Waals surface area contributed by atoms with Crippen molar-refractivity contribution < 1.29 is 4.79 Å². The Morgan fingerprint density at radius 3 is 2.48 bits per heavy atom. The number of rotatable bonds is 2. The SMILES string of the molecule is N#Cc1cc(NC(=O)c2cc(N)c(Cl)c(Cl)c2)ccc1Cl. The zero-order chi connectivity index (χ0) is 15.6. The number of anilines is 2. The Hall–Kier alpha value is -1.93. The number of halogens is 3. The van der Waals surface area contributed by atoms with Crippen LogP contribution in [0.1, 0.15) is 15.9 Å². The second-order valence-electron chi connectivity index (χ2n) is 4.12. The van der Waals surface area contributed by atoms with Crippen molar-refractivity contribution in [1.82, 2.24) is 0 Å². The van der Waals surface area contributed by atoms with Gasteiger partial charge in [0.2, 0.25) is 0 Å². The van der Waals surface area contributed by atoms with Gasteiger partial charge < -0.3 is 11.1 Å². The molecule has 0 aliphatic carbocycles. The molecule has 0 fully saturated rings. The van der Waals surface area contributed by atoms with Gasteiger partial charge >= 0.3 is 0 Å². The number of carbonyl (C=O) groups is 1. The summed E-state index contributed by atoms with van der Waals surface area (Å²) in [6.45, 7) is 0. The topological polar surface area (TPSA) is 78.9 Å². The Morgan fingerprint density at radius 2 is 1.86 bits per heavy atom. The van der Waals surface area contributed by atoms with E-state index in [-0.39, 0.29) is 26.9 Å². The highest BCUT2D eigenvalue weighted by atomic mass is 35.5. The predicted molar refractivity (Wildman–Crippen MR) is 85.0 cm³/mol. The standard InChI is InChI=1S/C14H8Cl3N3O/c15-10-2-1-9(3-8(10)6-18)20-14(21)7-4-11(16)13(17)12(19)5-7/h1-5H,19H2,(H,20,21). The second kappa shape index (κ2) is 6.23. The monoisotopic (exact) mass is 339 g/mol. The molecule has 2 aromatic carbocycles. The van der Waals surface area contributed by atoms with Crippen molar-refractivity contribution in [2.24, 2.45) is 0 Å². The van der Waals surface area contributed by atoms with Crippen LogP contribution in [0.3, 0.4) is 0 Å². The zero-order valence-corrected chi connectivity index (χ0v) is 12.7. The van der Waals surface area contributed by atoms with Gasteiger partial charge in [-0.15, -0.1) is 0 Å². The third kappa shape index (κ3) is 3.40. The van der Waals surface area contributed by atoms with Crippen molar-refractivity contribution in [3.63, 3.8) is 0 Å². The molecular weight excluding hydrogens is 333 g/mol. The van der Waals surface area contributed by atoms with Crippen molar-refractivity contribution in [2.75, 3.05) is 11.1 Å². The Bertz CT molecular complexity index is 746. The Balaban J connectivity index is 2.28. The Morgan fingerprint density at radius 1 is 1.14 bits per heavy atom. The molecule has 0 unspecified atom stereocenters. The highest BCUT2D eigenvalue weighted by molar-refractivity contribution is 6.44. The van der Waals surface area contributed by atoms with Crippen LogP contribution in [0.5, 0.6) is 0 Å². The average Bonchev–Trinajstić information content (AvgIpc) is 2.46. The van der Waals surface area contributed by atoms with Crippen LogP contribution in [0.4, 0.5) is 11.4 Å². The van der Waals surface area contributed by atoms with Crippen LogP contribution in [0.2, 0.25) is 15.1 Å². The molecule has 106 valence electrons. The number of nitrogen functional groups attached to an aromatic ring is 1. The minimum atomic E-state index is -0.425. The van der Waals surface area contributed by atoms with E-state index in [1.165, 1.54) is 24.3 Å². The summed E-state index contributed by atoms with van der Waals surface area (Å²) in [6.07, 6.45) is 0. The summed E-state index contributed by atoms with van der Waals surface area (Å²) >= 11 is 17.5. The smallest absolute Gasteiger partial charge is 0.255 e. The largest absolute Gasteiger partial charge is 0.397 e. The van der Waals surface area contributed by atoms with Crippen LogP contribution in [-0.2, 0) is 0 Å². The van der Waals surface area contributed by atoms with E-state index in [0.29, 0.717) is 10.7 Å². The first kappa shape index (κ1) is 15.5. The van der Waals surface area contributed by atoms with Gasteiger partial charge in [-0.25, -0.2) is 0 Å². The molecule has 0 aliphatic heterocycles. The van der Waals surface area contributed by atoms with Crippen LogP contribution in [-0.4, -0.2) is 5.91 Å². The molecule has 2 rings (SSSR count). The Kier molecular flexibility index (Phi) is 4.59. The fourth-order valence-electron chi connectivity index (χ4n) is 1.63. The van der Waals surface area contributed by atoms with E-state index in [9.17, 15) is 4.79 Å². The molecule has 0 heterocycles. The number of hydrogen-bond acceptors (Lipinski definition) is 3. The van der Waals surface area contributed by atoms with Gasteiger partial charge in [-0.3, -0.25) is 4.79 Å². The molecule has 21 heavy (non-hydrogen) atoms. The molecule has 2 aromatic rings. The number of carbonyl (C=O) groups excluding carboxylic acids is 1. The van der Waals surface area contributed by atoms with Crippen molar-refractivity contribution in [2.45, 2.75) is 0 Å². The normalized spacial score (nSPS) is 10.0. The lowest BCUT2D eigenvalue weighted by Gasteiger charge is -2.08. The van der Waals surface area contributed by atoms with Gasteiger partial charge in [-0.05, 0) is 30.3 Å². The van der Waals surface area contributed by atoms with Gasteiger partial charge in [0, 0.05) is 11.3 Å². The fourth-order valence-corrected chi connectivity index (χ4v) is 2.13. The molecule has 0 bridgehead atoms. The molecule has 7 heteroatoms. The zero-order valence-electron chi connectivity index (χ0n) is 10.5. The number of nitrogens with one attached hydrogen (secondary N) is 1. The summed E-state index contributed by atoms with van der Waals surface area (Å²) < 4.78 is 0. The molecule has 0 radical (unpaired) electrons. The minimum Gasteiger partial charge on any atom is -0.397 e. The summed E-state index contributed by atoms with van der Waals surface area (Å²) in [7, 11) is 0. The van der Waals surface area contributed by atoms with E-state index in [0.717, 1.165) is 0 Å². The summed E-state index contributed by atoms with van der Waals surface area (Å²) in [5.74, 6) is -0.425. The molecule has 4 nitrogen and oxygen atoms in total. The number of nitrogens with zero attached hydrogens (tertiary/aromatic N) is 1. The molecule has 1 amide bonds. The van der Waals surface area contributed by atoms with Crippen molar-refractivity contribution >= 4 is 52.1 Å². The van der Waals surface area contributed by atoms with Crippen molar-refractivity contribution in [1.29, 1.82) is 5.26 Å². The summed E-state index contributed by atoms with van der Waals surface area (Å²) in [4.78, 5) is 12.1. The second-order valence-corrected chi connectivity index (χ2v) is 5.31. The van der Waals surface area contributed by atoms with E-state index in [1.807, 2.05) is 6.07 Å². The number of nitriles is 1. The summed E-state index contributed by atoms with van der Waals surface area (Å²) in [6, 6.07) is 9.35. The molecule has 0 aromatic heterocycles. The van der Waals surface area contributed by atoms with Gasteiger partial charge in [0.25, 0.3) is 5.91 Å². The van der Waals surface area contributed by atoms with Crippen LogP contribution >= 0.6 is 34.8 Å². The average molecular weight is 341 g/mol. The maximum absolute atomic E-state index is 12.1. The molecule has 0 spiro atoms. The lowest BCUT2D eigenvalue weighted by molar-refractivity contribution is 0.102. The van der Waals surface area contributed by atoms with Crippen LogP contribution in [0, 0.1) is 11.3 Å². The first-order valence-corrected chi connectivity index (χ1v) is 6.81. The fraction of sp³-hybridized carbons (Fsp3) is 0. The molecule has 0 saturated carbocycles. The van der Waals surface area contributed by atoms with Gasteiger partial charge in [0.15, 0.2) is 0 Å². The molecule has 0 aliphatic rings. The number of amides is 1. The first-order valence-electron chi connectivity index (χ1n) is 5.68. The predicted octanol–water partition coefficient (Wildman–Crippen LogP) is 4.35. The highest BCUT2D eigenvalue weighted by Gasteiger charge is 2.12. The Labute approximate surface area is 136 Å². The van der Waals surface area contributed by atoms with Crippen LogP contribution in [0.25, 0.3) is 0 Å².